The number of hydrogen-bond donors (Lipinski definition) is 1. The van der Waals surface area contributed by atoms with Crippen LogP contribution in [0.15, 0.2) is 18.2 Å². The molecule has 106 valence electrons. The number of rotatable bonds is 5. The first-order valence-corrected chi connectivity index (χ1v) is 7.33. The average Bonchev–Trinajstić information content (AvgIpc) is 3.14. The Balaban J connectivity index is 1.97. The summed E-state index contributed by atoms with van der Waals surface area (Å²) >= 11 is 0. The largest absolute Gasteiger partial charge is 0.399 e. The van der Waals surface area contributed by atoms with Crippen molar-refractivity contribution in [1.29, 1.82) is 0 Å². The van der Waals surface area contributed by atoms with Crippen LogP contribution in [0.5, 0.6) is 0 Å². The number of tetrazole rings is 1. The van der Waals surface area contributed by atoms with Gasteiger partial charge in [-0.3, -0.25) is 0 Å². The third-order valence-corrected chi connectivity index (χ3v) is 4.11. The van der Waals surface area contributed by atoms with Gasteiger partial charge in [-0.05, 0) is 53.8 Å². The molecule has 20 heavy (non-hydrogen) atoms. The van der Waals surface area contributed by atoms with E-state index in [4.69, 9.17) is 5.73 Å². The van der Waals surface area contributed by atoms with Crippen molar-refractivity contribution in [1.82, 2.24) is 20.2 Å². The molecule has 1 unspecified atom stereocenters. The Labute approximate surface area is 119 Å². The van der Waals surface area contributed by atoms with Gasteiger partial charge >= 0.3 is 0 Å². The second-order valence-electron chi connectivity index (χ2n) is 5.76. The Bertz CT molecular complexity index is 600. The third kappa shape index (κ3) is 2.53. The summed E-state index contributed by atoms with van der Waals surface area (Å²) in [6.45, 7) is 4.26. The second-order valence-corrected chi connectivity index (χ2v) is 5.76. The SMILES string of the molecule is CCC(CC1CC1)n1nnnc1-c1cc(N)ccc1C. The van der Waals surface area contributed by atoms with Gasteiger partial charge in [0.2, 0.25) is 0 Å². The van der Waals surface area contributed by atoms with Gasteiger partial charge < -0.3 is 5.73 Å². The molecule has 1 atom stereocenters. The number of benzene rings is 1. The lowest BCUT2D eigenvalue weighted by Crippen LogP contribution is -2.13. The predicted molar refractivity (Wildman–Crippen MR) is 79.1 cm³/mol. The fourth-order valence-electron chi connectivity index (χ4n) is 2.68. The molecule has 5 nitrogen and oxygen atoms in total. The number of aryl methyl sites for hydroxylation is 1. The molecule has 0 bridgehead atoms. The molecule has 0 saturated heterocycles. The molecule has 5 heteroatoms. The highest BCUT2D eigenvalue weighted by Gasteiger charge is 2.27. The van der Waals surface area contributed by atoms with Crippen LogP contribution in [0.2, 0.25) is 0 Å². The molecule has 0 amide bonds. The maximum atomic E-state index is 5.91. The van der Waals surface area contributed by atoms with Crippen LogP contribution in [-0.4, -0.2) is 20.2 Å². The maximum absolute atomic E-state index is 5.91. The summed E-state index contributed by atoms with van der Waals surface area (Å²) < 4.78 is 1.99. The van der Waals surface area contributed by atoms with Crippen molar-refractivity contribution in [3.05, 3.63) is 23.8 Å². The van der Waals surface area contributed by atoms with Gasteiger partial charge in [-0.1, -0.05) is 25.8 Å². The lowest BCUT2D eigenvalue weighted by atomic mass is 10.0. The fraction of sp³-hybridized carbons (Fsp3) is 0.533. The monoisotopic (exact) mass is 271 g/mol. The van der Waals surface area contributed by atoms with Crippen LogP contribution in [0.4, 0.5) is 5.69 Å². The zero-order valence-corrected chi connectivity index (χ0v) is 12.1. The van der Waals surface area contributed by atoms with E-state index < -0.39 is 0 Å². The van der Waals surface area contributed by atoms with E-state index in [1.807, 2.05) is 22.9 Å². The van der Waals surface area contributed by atoms with E-state index in [-0.39, 0.29) is 0 Å². The summed E-state index contributed by atoms with van der Waals surface area (Å²) in [5.74, 6) is 1.70. The quantitative estimate of drug-likeness (QED) is 0.849. The van der Waals surface area contributed by atoms with Crippen LogP contribution in [0, 0.1) is 12.8 Å². The van der Waals surface area contributed by atoms with Gasteiger partial charge in [0.1, 0.15) is 0 Å². The Morgan fingerprint density at radius 1 is 1.40 bits per heavy atom. The van der Waals surface area contributed by atoms with Gasteiger partial charge in [-0.25, -0.2) is 4.68 Å². The number of nitrogen functional groups attached to an aromatic ring is 1. The van der Waals surface area contributed by atoms with Gasteiger partial charge in [-0.15, -0.1) is 5.10 Å². The molecule has 2 N–H and O–H groups in total. The summed E-state index contributed by atoms with van der Waals surface area (Å²) in [6.07, 6.45) is 4.93. The normalized spacial score (nSPS) is 16.3. The lowest BCUT2D eigenvalue weighted by Gasteiger charge is -2.17. The van der Waals surface area contributed by atoms with Crippen molar-refractivity contribution in [2.75, 3.05) is 5.73 Å². The summed E-state index contributed by atoms with van der Waals surface area (Å²) in [4.78, 5) is 0. The Morgan fingerprint density at radius 2 is 2.20 bits per heavy atom. The van der Waals surface area contributed by atoms with Crippen molar-refractivity contribution in [2.45, 2.75) is 45.6 Å². The molecule has 2 aromatic rings. The number of nitrogens with two attached hydrogens (primary N) is 1. The molecule has 1 fully saturated rings. The summed E-state index contributed by atoms with van der Waals surface area (Å²) in [7, 11) is 0. The molecule has 1 aliphatic carbocycles. The average molecular weight is 271 g/mol. The number of anilines is 1. The highest BCUT2D eigenvalue weighted by molar-refractivity contribution is 5.65. The minimum atomic E-state index is 0.383. The first-order valence-electron chi connectivity index (χ1n) is 7.33. The standard InChI is InChI=1S/C15H21N5/c1-3-13(8-11-5-6-11)20-15(17-18-19-20)14-9-12(16)7-4-10(14)2/h4,7,9,11,13H,3,5-6,8,16H2,1-2H3. The smallest absolute Gasteiger partial charge is 0.182 e. The van der Waals surface area contributed by atoms with Crippen molar-refractivity contribution < 1.29 is 0 Å². The van der Waals surface area contributed by atoms with Gasteiger partial charge in [0.15, 0.2) is 5.82 Å². The molecule has 0 radical (unpaired) electrons. The minimum absolute atomic E-state index is 0.383. The summed E-state index contributed by atoms with van der Waals surface area (Å²) in [5.41, 5.74) is 8.83. The van der Waals surface area contributed by atoms with Crippen LogP contribution < -0.4 is 5.73 Å². The molecule has 0 aliphatic heterocycles. The minimum Gasteiger partial charge on any atom is -0.399 e. The van der Waals surface area contributed by atoms with Crippen molar-refractivity contribution in [3.8, 4) is 11.4 Å². The van der Waals surface area contributed by atoms with Crippen LogP contribution in [0.3, 0.4) is 0 Å². The molecule has 1 saturated carbocycles. The van der Waals surface area contributed by atoms with E-state index in [0.29, 0.717) is 6.04 Å². The Hall–Kier alpha value is -1.91. The summed E-state index contributed by atoms with van der Waals surface area (Å²) in [6, 6.07) is 6.27. The van der Waals surface area contributed by atoms with E-state index in [1.165, 1.54) is 19.3 Å². The van der Waals surface area contributed by atoms with Gasteiger partial charge in [0, 0.05) is 11.3 Å². The van der Waals surface area contributed by atoms with Crippen molar-refractivity contribution >= 4 is 5.69 Å². The zero-order chi connectivity index (χ0) is 14.1. The third-order valence-electron chi connectivity index (χ3n) is 4.11. The second kappa shape index (κ2) is 5.23. The fourth-order valence-corrected chi connectivity index (χ4v) is 2.68. The van der Waals surface area contributed by atoms with E-state index in [1.54, 1.807) is 0 Å². The Morgan fingerprint density at radius 3 is 2.90 bits per heavy atom. The summed E-state index contributed by atoms with van der Waals surface area (Å²) in [5, 5.41) is 12.3. The number of nitrogens with zero attached hydrogens (tertiary/aromatic N) is 4. The highest BCUT2D eigenvalue weighted by atomic mass is 15.5. The maximum Gasteiger partial charge on any atom is 0.182 e. The van der Waals surface area contributed by atoms with E-state index in [9.17, 15) is 0 Å². The molecule has 1 heterocycles. The van der Waals surface area contributed by atoms with Crippen LogP contribution in [0.1, 0.15) is 44.2 Å². The molecule has 1 aromatic heterocycles. The number of hydrogen-bond acceptors (Lipinski definition) is 4. The highest BCUT2D eigenvalue weighted by Crippen LogP contribution is 2.38. The molecule has 1 aromatic carbocycles. The lowest BCUT2D eigenvalue weighted by molar-refractivity contribution is 0.388. The predicted octanol–water partition coefficient (Wildman–Crippen LogP) is 2.98. The first kappa shape index (κ1) is 13.1. The number of aromatic nitrogens is 4. The topological polar surface area (TPSA) is 69.6 Å². The van der Waals surface area contributed by atoms with Gasteiger partial charge in [0.05, 0.1) is 6.04 Å². The van der Waals surface area contributed by atoms with Gasteiger partial charge in [0.25, 0.3) is 0 Å². The van der Waals surface area contributed by atoms with E-state index in [2.05, 4.69) is 29.4 Å². The van der Waals surface area contributed by atoms with Gasteiger partial charge in [-0.2, -0.15) is 0 Å². The van der Waals surface area contributed by atoms with Crippen LogP contribution in [0.25, 0.3) is 11.4 Å². The van der Waals surface area contributed by atoms with Crippen molar-refractivity contribution in [2.24, 2.45) is 5.92 Å². The molecule has 3 rings (SSSR count). The van der Waals surface area contributed by atoms with Crippen LogP contribution in [-0.2, 0) is 0 Å². The molecular formula is C15H21N5. The van der Waals surface area contributed by atoms with Crippen LogP contribution >= 0.6 is 0 Å². The molecular weight excluding hydrogens is 250 g/mol. The van der Waals surface area contributed by atoms with Crippen molar-refractivity contribution in [3.63, 3.8) is 0 Å². The molecule has 1 aliphatic rings. The van der Waals surface area contributed by atoms with E-state index >= 15 is 0 Å². The first-order chi connectivity index (χ1) is 9.69. The zero-order valence-electron chi connectivity index (χ0n) is 12.1. The Kier molecular flexibility index (Phi) is 3.42. The molecule has 0 spiro atoms. The van der Waals surface area contributed by atoms with E-state index in [0.717, 1.165) is 35.0 Å².